The summed E-state index contributed by atoms with van der Waals surface area (Å²) >= 11 is 0. The molecule has 4 rings (SSSR count). The van der Waals surface area contributed by atoms with Gasteiger partial charge in [0, 0.05) is 6.04 Å². The van der Waals surface area contributed by atoms with Crippen molar-refractivity contribution in [2.45, 2.75) is 131 Å². The highest BCUT2D eigenvalue weighted by molar-refractivity contribution is 5.78. The SMILES string of the molecule is CC(C)=CCCC(C)(O)C1CC[C@]2(C)C1CCC1[C@@]3(C)CCC(NC(=O)COCC(=O)O)C(C)(C)C3CC[C@]12C. The lowest BCUT2D eigenvalue weighted by Gasteiger charge is -2.70. The van der Waals surface area contributed by atoms with Crippen LogP contribution in [-0.4, -0.2) is 46.9 Å². The van der Waals surface area contributed by atoms with Crippen LogP contribution in [0.15, 0.2) is 11.6 Å². The van der Waals surface area contributed by atoms with E-state index >= 15 is 0 Å². The monoisotopic (exact) mass is 559 g/mol. The fourth-order valence-electron chi connectivity index (χ4n) is 11.1. The van der Waals surface area contributed by atoms with Crippen LogP contribution in [0.4, 0.5) is 0 Å². The number of hydrogen-bond donors (Lipinski definition) is 3. The van der Waals surface area contributed by atoms with E-state index in [1.807, 2.05) is 0 Å². The largest absolute Gasteiger partial charge is 0.480 e. The number of carbonyl (C=O) groups excluding carboxylic acids is 1. The summed E-state index contributed by atoms with van der Waals surface area (Å²) in [5.74, 6) is 0.828. The summed E-state index contributed by atoms with van der Waals surface area (Å²) in [4.78, 5) is 23.4. The van der Waals surface area contributed by atoms with Crippen LogP contribution in [0, 0.1) is 45.3 Å². The molecular weight excluding hydrogens is 502 g/mol. The van der Waals surface area contributed by atoms with Crippen molar-refractivity contribution in [3.8, 4) is 0 Å². The maximum absolute atomic E-state index is 12.6. The van der Waals surface area contributed by atoms with Gasteiger partial charge in [-0.2, -0.15) is 0 Å². The smallest absolute Gasteiger partial charge is 0.329 e. The zero-order valence-electron chi connectivity index (χ0n) is 26.6. The molecule has 40 heavy (non-hydrogen) atoms. The van der Waals surface area contributed by atoms with E-state index in [0.717, 1.165) is 32.1 Å². The molecule has 0 heterocycles. The molecule has 0 bridgehead atoms. The van der Waals surface area contributed by atoms with Gasteiger partial charge in [-0.05, 0) is 130 Å². The van der Waals surface area contributed by atoms with E-state index < -0.39 is 18.2 Å². The topological polar surface area (TPSA) is 95.9 Å². The molecule has 0 aromatic carbocycles. The number of allylic oxidation sites excluding steroid dienone is 2. The summed E-state index contributed by atoms with van der Waals surface area (Å²) in [7, 11) is 0. The lowest BCUT2D eigenvalue weighted by molar-refractivity contribution is -0.212. The highest BCUT2D eigenvalue weighted by Gasteiger charge is 2.69. The second-order valence-electron chi connectivity index (χ2n) is 15.9. The van der Waals surface area contributed by atoms with Crippen molar-refractivity contribution < 1.29 is 24.5 Å². The van der Waals surface area contributed by atoms with Crippen molar-refractivity contribution >= 4 is 11.9 Å². The molecule has 0 aromatic rings. The molecule has 1 amide bonds. The fraction of sp³-hybridized carbons (Fsp3) is 0.882. The Morgan fingerprint density at radius 3 is 2.25 bits per heavy atom. The van der Waals surface area contributed by atoms with Crippen LogP contribution in [0.5, 0.6) is 0 Å². The summed E-state index contributed by atoms with van der Waals surface area (Å²) in [5, 5.41) is 23.8. The molecule has 6 nitrogen and oxygen atoms in total. The van der Waals surface area contributed by atoms with E-state index in [9.17, 15) is 14.7 Å². The molecule has 4 aliphatic carbocycles. The van der Waals surface area contributed by atoms with Gasteiger partial charge in [0.25, 0.3) is 0 Å². The van der Waals surface area contributed by atoms with E-state index in [2.05, 4.69) is 66.8 Å². The molecule has 6 unspecified atom stereocenters. The average molecular weight is 560 g/mol. The predicted molar refractivity (Wildman–Crippen MR) is 159 cm³/mol. The Hall–Kier alpha value is -1.40. The van der Waals surface area contributed by atoms with Crippen LogP contribution in [0.2, 0.25) is 0 Å². The number of ether oxygens (including phenoxy) is 1. The quantitative estimate of drug-likeness (QED) is 0.271. The van der Waals surface area contributed by atoms with E-state index in [-0.39, 0.29) is 40.2 Å². The number of rotatable bonds is 9. The van der Waals surface area contributed by atoms with Crippen molar-refractivity contribution in [2.75, 3.05) is 13.2 Å². The van der Waals surface area contributed by atoms with E-state index in [1.165, 1.54) is 37.7 Å². The number of fused-ring (bicyclic) bond motifs is 5. The molecular formula is C34H57NO5. The molecule has 0 saturated heterocycles. The van der Waals surface area contributed by atoms with Crippen molar-refractivity contribution in [3.63, 3.8) is 0 Å². The molecule has 9 atom stereocenters. The number of carbonyl (C=O) groups is 2. The van der Waals surface area contributed by atoms with Gasteiger partial charge in [0.05, 0.1) is 5.60 Å². The number of aliphatic carboxylic acids is 1. The Balaban J connectivity index is 1.51. The van der Waals surface area contributed by atoms with Crippen molar-refractivity contribution in [1.29, 1.82) is 0 Å². The molecule has 4 aliphatic rings. The van der Waals surface area contributed by atoms with Crippen LogP contribution < -0.4 is 5.32 Å². The van der Waals surface area contributed by atoms with E-state index in [0.29, 0.717) is 23.7 Å². The molecule has 228 valence electrons. The molecule has 4 saturated carbocycles. The van der Waals surface area contributed by atoms with Crippen molar-refractivity contribution in [3.05, 3.63) is 11.6 Å². The molecule has 0 radical (unpaired) electrons. The Labute approximate surface area is 243 Å². The summed E-state index contributed by atoms with van der Waals surface area (Å²) in [6, 6.07) is 0.0644. The predicted octanol–water partition coefficient (Wildman–Crippen LogP) is 6.75. The second kappa shape index (κ2) is 11.0. The first kappa shape index (κ1) is 31.5. The van der Waals surface area contributed by atoms with Gasteiger partial charge in [0.15, 0.2) is 0 Å². The third-order valence-corrected chi connectivity index (χ3v) is 13.2. The van der Waals surface area contributed by atoms with E-state index in [1.54, 1.807) is 0 Å². The maximum Gasteiger partial charge on any atom is 0.329 e. The average Bonchev–Trinajstić information content (AvgIpc) is 3.19. The molecule has 0 aliphatic heterocycles. The van der Waals surface area contributed by atoms with Gasteiger partial charge in [-0.15, -0.1) is 0 Å². The maximum atomic E-state index is 12.6. The van der Waals surface area contributed by atoms with Crippen molar-refractivity contribution in [2.24, 2.45) is 45.3 Å². The normalized spacial score (nSPS) is 41.6. The number of aliphatic hydroxyl groups is 1. The summed E-state index contributed by atoms with van der Waals surface area (Å²) in [5.41, 5.74) is 1.37. The third kappa shape index (κ3) is 5.29. The van der Waals surface area contributed by atoms with Crippen LogP contribution in [0.3, 0.4) is 0 Å². The minimum atomic E-state index is -1.06. The third-order valence-electron chi connectivity index (χ3n) is 13.2. The highest BCUT2D eigenvalue weighted by Crippen LogP contribution is 2.75. The number of carboxylic acids is 1. The standard InChI is InChI=1S/C34H57NO5/c1-22(2)10-9-16-34(8,39)24-13-18-32(6)23(24)11-12-26-31(5)17-15-27(35-28(36)20-40-21-29(37)38)30(3,4)25(31)14-19-33(26,32)7/h10,23-27,39H,9,11-21H2,1-8H3,(H,35,36)(H,37,38)/t23?,24?,25?,26?,27?,31-,32+,33+,34?/m0/s1. The van der Waals surface area contributed by atoms with Gasteiger partial charge in [0.1, 0.15) is 13.2 Å². The van der Waals surface area contributed by atoms with Crippen LogP contribution in [0.1, 0.15) is 120 Å². The lowest BCUT2D eigenvalue weighted by atomic mass is 9.35. The van der Waals surface area contributed by atoms with E-state index in [4.69, 9.17) is 9.84 Å². The number of hydrogen-bond acceptors (Lipinski definition) is 4. The molecule has 0 spiro atoms. The van der Waals surface area contributed by atoms with Crippen LogP contribution in [-0.2, 0) is 14.3 Å². The summed E-state index contributed by atoms with van der Waals surface area (Å²) in [6.07, 6.45) is 13.3. The minimum absolute atomic E-state index is 0.0542. The van der Waals surface area contributed by atoms with Crippen LogP contribution >= 0.6 is 0 Å². The Kier molecular flexibility index (Phi) is 8.69. The number of carboxylic acid groups (broad SMARTS) is 1. The minimum Gasteiger partial charge on any atom is -0.480 e. The lowest BCUT2D eigenvalue weighted by Crippen LogP contribution is -2.65. The molecule has 0 aromatic heterocycles. The Morgan fingerprint density at radius 2 is 1.60 bits per heavy atom. The Morgan fingerprint density at radius 1 is 0.925 bits per heavy atom. The van der Waals surface area contributed by atoms with Gasteiger partial charge in [-0.25, -0.2) is 4.79 Å². The van der Waals surface area contributed by atoms with Crippen LogP contribution in [0.25, 0.3) is 0 Å². The number of nitrogens with one attached hydrogen (secondary N) is 1. The van der Waals surface area contributed by atoms with Gasteiger partial charge < -0.3 is 20.3 Å². The number of amides is 1. The zero-order valence-corrected chi connectivity index (χ0v) is 26.6. The van der Waals surface area contributed by atoms with Gasteiger partial charge in [-0.3, -0.25) is 4.79 Å². The first-order chi connectivity index (χ1) is 18.5. The highest BCUT2D eigenvalue weighted by atomic mass is 16.5. The second-order valence-corrected chi connectivity index (χ2v) is 15.9. The van der Waals surface area contributed by atoms with Gasteiger partial charge in [-0.1, -0.05) is 46.3 Å². The first-order valence-corrected chi connectivity index (χ1v) is 15.9. The Bertz CT molecular complexity index is 998. The fourth-order valence-corrected chi connectivity index (χ4v) is 11.1. The van der Waals surface area contributed by atoms with Gasteiger partial charge >= 0.3 is 5.97 Å². The van der Waals surface area contributed by atoms with Gasteiger partial charge in [0.2, 0.25) is 5.91 Å². The zero-order chi connectivity index (χ0) is 29.7. The molecule has 6 heteroatoms. The molecule has 3 N–H and O–H groups in total. The summed E-state index contributed by atoms with van der Waals surface area (Å²) < 4.78 is 5.06. The van der Waals surface area contributed by atoms with Crippen molar-refractivity contribution in [1.82, 2.24) is 5.32 Å². The molecule has 4 fully saturated rings. The summed E-state index contributed by atoms with van der Waals surface area (Å²) in [6.45, 7) is 18.1. The first-order valence-electron chi connectivity index (χ1n) is 15.9.